The molecule has 1 atom stereocenters. The van der Waals surface area contributed by atoms with Crippen LogP contribution in [0.15, 0.2) is 46.3 Å². The standard InChI is InChI=1S/C14H13BrClNOS/c1-14(9-16,10-5-3-2-4-6-10)17-13(18)12-11(15)7-8-19-12/h2-8H,9H2,1H3,(H,17,18). The van der Waals surface area contributed by atoms with E-state index < -0.39 is 5.54 Å². The third-order valence-corrected chi connectivity index (χ3v) is 5.26. The van der Waals surface area contributed by atoms with Crippen LogP contribution in [0.25, 0.3) is 0 Å². The second-order valence-electron chi connectivity index (χ2n) is 4.38. The zero-order chi connectivity index (χ0) is 13.9. The van der Waals surface area contributed by atoms with Crippen LogP contribution >= 0.6 is 38.9 Å². The van der Waals surface area contributed by atoms with Crippen LogP contribution in [0.3, 0.4) is 0 Å². The molecule has 5 heteroatoms. The minimum Gasteiger partial charge on any atom is -0.341 e. The molecule has 1 amide bonds. The lowest BCUT2D eigenvalue weighted by Crippen LogP contribution is -2.44. The van der Waals surface area contributed by atoms with Crippen LogP contribution < -0.4 is 5.32 Å². The van der Waals surface area contributed by atoms with Crippen LogP contribution in [0.4, 0.5) is 0 Å². The van der Waals surface area contributed by atoms with Gasteiger partial charge in [-0.2, -0.15) is 0 Å². The van der Waals surface area contributed by atoms with Crippen molar-refractivity contribution >= 4 is 44.8 Å². The minimum atomic E-state index is -0.580. The number of thiophene rings is 1. The van der Waals surface area contributed by atoms with Crippen molar-refractivity contribution in [3.05, 3.63) is 56.7 Å². The normalized spacial score (nSPS) is 13.8. The first-order chi connectivity index (χ1) is 9.07. The maximum Gasteiger partial charge on any atom is 0.263 e. The number of alkyl halides is 1. The summed E-state index contributed by atoms with van der Waals surface area (Å²) in [5.41, 5.74) is 0.412. The molecule has 2 nitrogen and oxygen atoms in total. The lowest BCUT2D eigenvalue weighted by molar-refractivity contribution is 0.0916. The zero-order valence-electron chi connectivity index (χ0n) is 10.3. The molecule has 1 aromatic heterocycles. The highest BCUT2D eigenvalue weighted by Crippen LogP contribution is 2.26. The largest absolute Gasteiger partial charge is 0.341 e. The Labute approximate surface area is 129 Å². The zero-order valence-corrected chi connectivity index (χ0v) is 13.5. The molecular weight excluding hydrogens is 346 g/mol. The van der Waals surface area contributed by atoms with Crippen molar-refractivity contribution < 1.29 is 4.79 Å². The number of amides is 1. The maximum atomic E-state index is 12.3. The second-order valence-corrected chi connectivity index (χ2v) is 6.42. The summed E-state index contributed by atoms with van der Waals surface area (Å²) in [4.78, 5) is 12.9. The van der Waals surface area contributed by atoms with Crippen molar-refractivity contribution in [2.24, 2.45) is 0 Å². The predicted octanol–water partition coefficient (Wildman–Crippen LogP) is 4.39. The number of nitrogens with one attached hydrogen (secondary N) is 1. The molecule has 0 bridgehead atoms. The molecule has 2 aromatic rings. The van der Waals surface area contributed by atoms with Gasteiger partial charge in [0, 0.05) is 10.4 Å². The van der Waals surface area contributed by atoms with E-state index in [9.17, 15) is 4.79 Å². The molecule has 100 valence electrons. The first-order valence-corrected chi connectivity index (χ1v) is 7.94. The Morgan fingerprint density at radius 3 is 2.58 bits per heavy atom. The van der Waals surface area contributed by atoms with Gasteiger partial charge < -0.3 is 5.32 Å². The molecule has 1 aromatic carbocycles. The fourth-order valence-electron chi connectivity index (χ4n) is 1.75. The third kappa shape index (κ3) is 3.19. The fourth-order valence-corrected chi connectivity index (χ4v) is 3.42. The van der Waals surface area contributed by atoms with Crippen LogP contribution in [0.1, 0.15) is 22.2 Å². The summed E-state index contributed by atoms with van der Waals surface area (Å²) in [5, 5.41) is 4.89. The number of hydrogen-bond donors (Lipinski definition) is 1. The van der Waals surface area contributed by atoms with E-state index >= 15 is 0 Å². The van der Waals surface area contributed by atoms with E-state index in [-0.39, 0.29) is 5.91 Å². The van der Waals surface area contributed by atoms with Gasteiger partial charge in [0.2, 0.25) is 0 Å². The summed E-state index contributed by atoms with van der Waals surface area (Å²) >= 11 is 10.8. The molecule has 1 heterocycles. The number of carbonyl (C=O) groups is 1. The van der Waals surface area contributed by atoms with E-state index in [0.29, 0.717) is 10.8 Å². The second kappa shape index (κ2) is 6.07. The first-order valence-electron chi connectivity index (χ1n) is 5.74. The Kier molecular flexibility index (Phi) is 4.66. The van der Waals surface area contributed by atoms with E-state index in [2.05, 4.69) is 21.2 Å². The number of benzene rings is 1. The van der Waals surface area contributed by atoms with Crippen molar-refractivity contribution in [3.8, 4) is 0 Å². The van der Waals surface area contributed by atoms with Gasteiger partial charge in [0.15, 0.2) is 0 Å². The monoisotopic (exact) mass is 357 g/mol. The quantitative estimate of drug-likeness (QED) is 0.807. The minimum absolute atomic E-state index is 0.117. The highest BCUT2D eigenvalue weighted by Gasteiger charge is 2.28. The maximum absolute atomic E-state index is 12.3. The van der Waals surface area contributed by atoms with Crippen molar-refractivity contribution in [3.63, 3.8) is 0 Å². The molecule has 0 saturated heterocycles. The summed E-state index contributed by atoms with van der Waals surface area (Å²) < 4.78 is 0.806. The third-order valence-electron chi connectivity index (χ3n) is 2.89. The van der Waals surface area contributed by atoms with Gasteiger partial charge in [0.05, 0.1) is 5.54 Å². The fraction of sp³-hybridized carbons (Fsp3) is 0.214. The van der Waals surface area contributed by atoms with E-state index in [0.717, 1.165) is 10.0 Å². The van der Waals surface area contributed by atoms with E-state index in [1.807, 2.05) is 48.7 Å². The van der Waals surface area contributed by atoms with E-state index in [1.54, 1.807) is 0 Å². The van der Waals surface area contributed by atoms with Crippen molar-refractivity contribution in [1.82, 2.24) is 5.32 Å². The number of carbonyl (C=O) groups excluding carboxylic acids is 1. The SMILES string of the molecule is CC(CCl)(NC(=O)c1sccc1Br)c1ccccc1. The van der Waals surface area contributed by atoms with E-state index in [1.165, 1.54) is 11.3 Å². The molecular formula is C14H13BrClNOS. The molecule has 0 radical (unpaired) electrons. The van der Waals surface area contributed by atoms with Gasteiger partial charge in [-0.1, -0.05) is 30.3 Å². The van der Waals surface area contributed by atoms with Crippen LogP contribution in [-0.2, 0) is 5.54 Å². The molecule has 2 rings (SSSR count). The van der Waals surface area contributed by atoms with Gasteiger partial charge in [-0.3, -0.25) is 4.79 Å². The van der Waals surface area contributed by atoms with Crippen LogP contribution in [0, 0.1) is 0 Å². The van der Waals surface area contributed by atoms with Crippen LogP contribution in [0.5, 0.6) is 0 Å². The topological polar surface area (TPSA) is 29.1 Å². The Balaban J connectivity index is 2.25. The summed E-state index contributed by atoms with van der Waals surface area (Å²) in [5.74, 6) is 0.194. The molecule has 0 aliphatic heterocycles. The van der Waals surface area contributed by atoms with Gasteiger partial charge in [0.25, 0.3) is 5.91 Å². The van der Waals surface area contributed by atoms with Gasteiger partial charge in [-0.05, 0) is 39.9 Å². The average molecular weight is 359 g/mol. The lowest BCUT2D eigenvalue weighted by Gasteiger charge is -2.29. The Hall–Kier alpha value is -0.840. The highest BCUT2D eigenvalue weighted by atomic mass is 79.9. The number of hydrogen-bond acceptors (Lipinski definition) is 2. The van der Waals surface area contributed by atoms with Crippen molar-refractivity contribution in [2.45, 2.75) is 12.5 Å². The molecule has 0 saturated carbocycles. The predicted molar refractivity (Wildman–Crippen MR) is 84.0 cm³/mol. The number of rotatable bonds is 4. The summed E-state index contributed by atoms with van der Waals surface area (Å²) in [7, 11) is 0. The Morgan fingerprint density at radius 1 is 1.37 bits per heavy atom. The van der Waals surface area contributed by atoms with Crippen LogP contribution in [-0.4, -0.2) is 11.8 Å². The van der Waals surface area contributed by atoms with Crippen molar-refractivity contribution in [1.29, 1.82) is 0 Å². The highest BCUT2D eigenvalue weighted by molar-refractivity contribution is 9.10. The van der Waals surface area contributed by atoms with Gasteiger partial charge in [-0.15, -0.1) is 22.9 Å². The average Bonchev–Trinajstić information content (AvgIpc) is 2.86. The lowest BCUT2D eigenvalue weighted by atomic mass is 9.94. The van der Waals surface area contributed by atoms with Crippen LogP contribution in [0.2, 0.25) is 0 Å². The van der Waals surface area contributed by atoms with E-state index in [4.69, 9.17) is 11.6 Å². The smallest absolute Gasteiger partial charge is 0.263 e. The summed E-state index contributed by atoms with van der Waals surface area (Å²) in [6, 6.07) is 11.6. The molecule has 1 N–H and O–H groups in total. The molecule has 1 unspecified atom stereocenters. The molecule has 19 heavy (non-hydrogen) atoms. The molecule has 0 fully saturated rings. The summed E-state index contributed by atoms with van der Waals surface area (Å²) in [6.45, 7) is 1.93. The number of halogens is 2. The van der Waals surface area contributed by atoms with Gasteiger partial charge >= 0.3 is 0 Å². The molecule has 0 spiro atoms. The summed E-state index contributed by atoms with van der Waals surface area (Å²) in [6.07, 6.45) is 0. The van der Waals surface area contributed by atoms with Gasteiger partial charge in [-0.25, -0.2) is 0 Å². The Bertz CT molecular complexity index is 572. The first kappa shape index (κ1) is 14.6. The van der Waals surface area contributed by atoms with Gasteiger partial charge in [0.1, 0.15) is 4.88 Å². The molecule has 0 aliphatic rings. The van der Waals surface area contributed by atoms with Crippen molar-refractivity contribution in [2.75, 3.05) is 5.88 Å². The molecule has 0 aliphatic carbocycles. The Morgan fingerprint density at radius 2 is 2.05 bits per heavy atom.